The van der Waals surface area contributed by atoms with Gasteiger partial charge >= 0.3 is 0 Å². The molecule has 108 valence electrons. The molecule has 0 saturated heterocycles. The third kappa shape index (κ3) is 2.73. The van der Waals surface area contributed by atoms with Crippen molar-refractivity contribution in [2.24, 2.45) is 5.73 Å². The Morgan fingerprint density at radius 3 is 2.48 bits per heavy atom. The molecule has 0 fully saturated rings. The molecule has 0 aliphatic carbocycles. The minimum Gasteiger partial charge on any atom is -0.363 e. The quantitative estimate of drug-likeness (QED) is 0.769. The highest BCUT2D eigenvalue weighted by atomic mass is 15.1. The number of hydrogen-bond donors (Lipinski definition) is 2. The van der Waals surface area contributed by atoms with E-state index in [-0.39, 0.29) is 0 Å². The first-order valence-corrected chi connectivity index (χ1v) is 7.01. The molecule has 21 heavy (non-hydrogen) atoms. The monoisotopic (exact) mass is 281 g/mol. The molecule has 0 atom stereocenters. The zero-order valence-electron chi connectivity index (χ0n) is 12.3. The predicted molar refractivity (Wildman–Crippen MR) is 86.4 cm³/mol. The molecular formula is C16H19N5. The van der Waals surface area contributed by atoms with E-state index < -0.39 is 0 Å². The zero-order valence-corrected chi connectivity index (χ0v) is 12.3. The molecule has 0 unspecified atom stereocenters. The number of nitrogens with one attached hydrogen (secondary N) is 1. The molecule has 3 N–H and O–H groups in total. The number of imidazole rings is 1. The van der Waals surface area contributed by atoms with E-state index in [4.69, 9.17) is 5.73 Å². The number of rotatable bonds is 4. The minimum absolute atomic E-state index is 0.668. The number of hydrogen-bond acceptors (Lipinski definition) is 4. The van der Waals surface area contributed by atoms with Crippen molar-refractivity contribution < 1.29 is 0 Å². The minimum atomic E-state index is 0.668. The molecule has 0 radical (unpaired) electrons. The Morgan fingerprint density at radius 1 is 1.05 bits per heavy atom. The Hall–Kier alpha value is -2.40. The molecule has 0 aliphatic rings. The van der Waals surface area contributed by atoms with Gasteiger partial charge < -0.3 is 15.6 Å². The number of anilines is 1. The van der Waals surface area contributed by atoms with Gasteiger partial charge in [-0.2, -0.15) is 0 Å². The standard InChI is InChI=1S/C16H19N5/c1-21(2)14-8-7-13-16(19-14)20-15(18-13)12-5-3-11(4-6-12)9-10-17/h3-8H,9-10,17H2,1-2H3,(H,18,19,20). The lowest BCUT2D eigenvalue weighted by Gasteiger charge is -2.09. The molecule has 3 rings (SSSR count). The van der Waals surface area contributed by atoms with Crippen LogP contribution >= 0.6 is 0 Å². The normalized spacial score (nSPS) is 11.0. The van der Waals surface area contributed by atoms with E-state index in [2.05, 4.69) is 39.2 Å². The molecule has 1 aromatic carbocycles. The van der Waals surface area contributed by atoms with Gasteiger partial charge in [-0.15, -0.1) is 0 Å². The molecule has 3 aromatic rings. The summed E-state index contributed by atoms with van der Waals surface area (Å²) >= 11 is 0. The van der Waals surface area contributed by atoms with Gasteiger partial charge in [0.1, 0.15) is 11.6 Å². The first-order chi connectivity index (χ1) is 10.2. The Morgan fingerprint density at radius 2 is 1.81 bits per heavy atom. The molecular weight excluding hydrogens is 262 g/mol. The highest BCUT2D eigenvalue weighted by molar-refractivity contribution is 5.77. The molecule has 0 aliphatic heterocycles. The summed E-state index contributed by atoms with van der Waals surface area (Å²) in [7, 11) is 3.94. The second-order valence-corrected chi connectivity index (χ2v) is 5.26. The number of benzene rings is 1. The van der Waals surface area contributed by atoms with Crippen molar-refractivity contribution in [3.05, 3.63) is 42.0 Å². The highest BCUT2D eigenvalue weighted by Gasteiger charge is 2.08. The maximum atomic E-state index is 5.57. The van der Waals surface area contributed by atoms with Gasteiger partial charge in [0.2, 0.25) is 0 Å². The number of pyridine rings is 1. The van der Waals surface area contributed by atoms with E-state index in [1.807, 2.05) is 31.1 Å². The lowest BCUT2D eigenvalue weighted by Crippen LogP contribution is -2.10. The number of H-pyrrole nitrogens is 1. The van der Waals surface area contributed by atoms with E-state index >= 15 is 0 Å². The van der Waals surface area contributed by atoms with Crippen LogP contribution in [0.25, 0.3) is 22.6 Å². The lowest BCUT2D eigenvalue weighted by atomic mass is 10.1. The summed E-state index contributed by atoms with van der Waals surface area (Å²) in [5, 5.41) is 0. The van der Waals surface area contributed by atoms with Gasteiger partial charge in [-0.1, -0.05) is 24.3 Å². The molecule has 0 spiro atoms. The molecule has 5 heteroatoms. The molecule has 0 saturated carbocycles. The largest absolute Gasteiger partial charge is 0.363 e. The van der Waals surface area contributed by atoms with Crippen LogP contribution in [0.5, 0.6) is 0 Å². The molecule has 0 amide bonds. The summed E-state index contributed by atoms with van der Waals surface area (Å²) in [4.78, 5) is 14.4. The molecule has 2 heterocycles. The number of nitrogens with zero attached hydrogens (tertiary/aromatic N) is 3. The van der Waals surface area contributed by atoms with E-state index in [9.17, 15) is 0 Å². The van der Waals surface area contributed by atoms with Gasteiger partial charge in [-0.05, 0) is 30.7 Å². The summed E-state index contributed by atoms with van der Waals surface area (Å²) in [6, 6.07) is 12.3. The lowest BCUT2D eigenvalue weighted by molar-refractivity contribution is 0.969. The number of fused-ring (bicyclic) bond motifs is 1. The predicted octanol–water partition coefficient (Wildman–Crippen LogP) is 2.19. The summed E-state index contributed by atoms with van der Waals surface area (Å²) in [5.74, 6) is 1.74. The van der Waals surface area contributed by atoms with Crippen molar-refractivity contribution in [3.8, 4) is 11.4 Å². The van der Waals surface area contributed by atoms with Gasteiger partial charge in [0, 0.05) is 19.7 Å². The van der Waals surface area contributed by atoms with Crippen molar-refractivity contribution in [1.29, 1.82) is 0 Å². The Kier molecular flexibility index (Phi) is 3.58. The maximum absolute atomic E-state index is 5.57. The summed E-state index contributed by atoms with van der Waals surface area (Å²) in [6.07, 6.45) is 0.897. The number of nitrogens with two attached hydrogens (primary N) is 1. The third-order valence-corrected chi connectivity index (χ3v) is 3.45. The average Bonchev–Trinajstić information content (AvgIpc) is 2.91. The average molecular weight is 281 g/mol. The highest BCUT2D eigenvalue weighted by Crippen LogP contribution is 2.21. The van der Waals surface area contributed by atoms with E-state index in [0.29, 0.717) is 6.54 Å². The smallest absolute Gasteiger partial charge is 0.180 e. The van der Waals surface area contributed by atoms with Crippen LogP contribution in [0.4, 0.5) is 5.82 Å². The van der Waals surface area contributed by atoms with Crippen LogP contribution in [0.1, 0.15) is 5.56 Å². The summed E-state index contributed by atoms with van der Waals surface area (Å²) < 4.78 is 0. The zero-order chi connectivity index (χ0) is 14.8. The van der Waals surface area contributed by atoms with Crippen LogP contribution in [0.3, 0.4) is 0 Å². The van der Waals surface area contributed by atoms with Crippen molar-refractivity contribution >= 4 is 17.0 Å². The van der Waals surface area contributed by atoms with Crippen LogP contribution < -0.4 is 10.6 Å². The number of aromatic nitrogens is 3. The fourth-order valence-corrected chi connectivity index (χ4v) is 2.26. The Labute approximate surface area is 123 Å². The first kappa shape index (κ1) is 13.6. The second-order valence-electron chi connectivity index (χ2n) is 5.26. The van der Waals surface area contributed by atoms with Gasteiger partial charge in [0.05, 0.1) is 5.52 Å². The van der Waals surface area contributed by atoms with Gasteiger partial charge in [0.15, 0.2) is 5.65 Å². The van der Waals surface area contributed by atoms with Crippen LogP contribution in [0, 0.1) is 0 Å². The molecule has 0 bridgehead atoms. The van der Waals surface area contributed by atoms with Crippen molar-refractivity contribution in [2.45, 2.75) is 6.42 Å². The molecule has 5 nitrogen and oxygen atoms in total. The van der Waals surface area contributed by atoms with Gasteiger partial charge in [-0.25, -0.2) is 9.97 Å². The van der Waals surface area contributed by atoms with E-state index in [0.717, 1.165) is 34.8 Å². The Bertz CT molecular complexity index is 743. The Balaban J connectivity index is 1.96. The third-order valence-electron chi connectivity index (χ3n) is 3.45. The molecule has 2 aromatic heterocycles. The van der Waals surface area contributed by atoms with Crippen molar-refractivity contribution in [3.63, 3.8) is 0 Å². The van der Waals surface area contributed by atoms with Gasteiger partial charge in [0.25, 0.3) is 0 Å². The van der Waals surface area contributed by atoms with Gasteiger partial charge in [-0.3, -0.25) is 0 Å². The number of aromatic amines is 1. The van der Waals surface area contributed by atoms with E-state index in [1.165, 1.54) is 5.56 Å². The topological polar surface area (TPSA) is 70.8 Å². The maximum Gasteiger partial charge on any atom is 0.180 e. The summed E-state index contributed by atoms with van der Waals surface area (Å²) in [6.45, 7) is 0.668. The second kappa shape index (κ2) is 5.54. The van der Waals surface area contributed by atoms with E-state index in [1.54, 1.807) is 0 Å². The van der Waals surface area contributed by atoms with Crippen LogP contribution in [-0.4, -0.2) is 35.6 Å². The van der Waals surface area contributed by atoms with Crippen LogP contribution in [0.2, 0.25) is 0 Å². The van der Waals surface area contributed by atoms with Crippen LogP contribution in [0.15, 0.2) is 36.4 Å². The SMILES string of the molecule is CN(C)c1ccc2[nH]c(-c3ccc(CCN)cc3)nc2n1. The van der Waals surface area contributed by atoms with Crippen LogP contribution in [-0.2, 0) is 6.42 Å². The van der Waals surface area contributed by atoms with Crippen molar-refractivity contribution in [1.82, 2.24) is 15.0 Å². The fraction of sp³-hybridized carbons (Fsp3) is 0.250. The first-order valence-electron chi connectivity index (χ1n) is 7.01. The summed E-state index contributed by atoms with van der Waals surface area (Å²) in [5.41, 5.74) is 9.55. The fourth-order valence-electron chi connectivity index (χ4n) is 2.26. The van der Waals surface area contributed by atoms with Crippen molar-refractivity contribution in [2.75, 3.05) is 25.5 Å².